The molecule has 0 N–H and O–H groups in total. The van der Waals surface area contributed by atoms with Gasteiger partial charge in [0.1, 0.15) is 6.79 Å². The standard InChI is InChI=1S/C27H48N4O4/c1-22(2)24(5)26(32)30-15-11-28(12-16-30)9-7-19-34-21-35-20-8-10-29-13-17-31(18-14-29)27(33)25(6)23(3)4/h7-21H2,1-6H3. The number of carbonyl (C=O) groups is 2. The second-order valence-corrected chi connectivity index (χ2v) is 10.2. The minimum Gasteiger partial charge on any atom is -0.355 e. The van der Waals surface area contributed by atoms with Gasteiger partial charge in [0.15, 0.2) is 0 Å². The van der Waals surface area contributed by atoms with Crippen molar-refractivity contribution in [2.45, 2.75) is 54.4 Å². The average molecular weight is 493 g/mol. The fraction of sp³-hybridized carbons (Fsp3) is 0.778. The minimum absolute atomic E-state index is 0.178. The van der Waals surface area contributed by atoms with Crippen LogP contribution in [0.2, 0.25) is 0 Å². The highest BCUT2D eigenvalue weighted by atomic mass is 16.7. The van der Waals surface area contributed by atoms with Crippen molar-refractivity contribution in [3.05, 3.63) is 22.3 Å². The number of nitrogens with zero attached hydrogens (tertiary/aromatic N) is 4. The predicted molar refractivity (Wildman–Crippen MR) is 140 cm³/mol. The van der Waals surface area contributed by atoms with E-state index in [4.69, 9.17) is 9.47 Å². The van der Waals surface area contributed by atoms with E-state index < -0.39 is 0 Å². The number of amides is 2. The van der Waals surface area contributed by atoms with Crippen molar-refractivity contribution < 1.29 is 19.1 Å². The van der Waals surface area contributed by atoms with Crippen molar-refractivity contribution in [2.24, 2.45) is 0 Å². The van der Waals surface area contributed by atoms with Crippen LogP contribution in [0.3, 0.4) is 0 Å². The summed E-state index contributed by atoms with van der Waals surface area (Å²) in [6, 6.07) is 0. The van der Waals surface area contributed by atoms with Crippen LogP contribution in [0.4, 0.5) is 0 Å². The van der Waals surface area contributed by atoms with Crippen LogP contribution >= 0.6 is 0 Å². The Hall–Kier alpha value is -1.74. The molecule has 2 saturated heterocycles. The van der Waals surface area contributed by atoms with Crippen LogP contribution in [0.5, 0.6) is 0 Å². The Labute approximate surface area is 212 Å². The summed E-state index contributed by atoms with van der Waals surface area (Å²) >= 11 is 0. The highest BCUT2D eigenvalue weighted by Gasteiger charge is 2.23. The van der Waals surface area contributed by atoms with E-state index in [0.717, 1.165) is 101 Å². The van der Waals surface area contributed by atoms with E-state index >= 15 is 0 Å². The van der Waals surface area contributed by atoms with Gasteiger partial charge < -0.3 is 19.3 Å². The maximum Gasteiger partial charge on any atom is 0.249 e. The molecule has 2 rings (SSSR count). The summed E-state index contributed by atoms with van der Waals surface area (Å²) in [5.74, 6) is 0.356. The van der Waals surface area contributed by atoms with Gasteiger partial charge in [0.2, 0.25) is 11.8 Å². The fourth-order valence-electron chi connectivity index (χ4n) is 4.21. The highest BCUT2D eigenvalue weighted by Crippen LogP contribution is 2.12. The summed E-state index contributed by atoms with van der Waals surface area (Å²) in [6.45, 7) is 22.4. The van der Waals surface area contributed by atoms with Crippen molar-refractivity contribution in [1.29, 1.82) is 0 Å². The molecular weight excluding hydrogens is 444 g/mol. The van der Waals surface area contributed by atoms with Crippen LogP contribution in [-0.4, -0.2) is 117 Å². The number of rotatable bonds is 12. The molecule has 0 saturated carbocycles. The second-order valence-electron chi connectivity index (χ2n) is 10.2. The average Bonchev–Trinajstić information content (AvgIpc) is 2.86. The Morgan fingerprint density at radius 1 is 0.571 bits per heavy atom. The number of hydrogen-bond acceptors (Lipinski definition) is 6. The van der Waals surface area contributed by atoms with Crippen molar-refractivity contribution in [3.8, 4) is 0 Å². The van der Waals surface area contributed by atoms with Crippen molar-refractivity contribution >= 4 is 11.8 Å². The van der Waals surface area contributed by atoms with Crippen LogP contribution in [0.15, 0.2) is 22.3 Å². The molecule has 2 heterocycles. The molecule has 0 atom stereocenters. The number of piperazine rings is 2. The molecule has 0 aromatic heterocycles. The van der Waals surface area contributed by atoms with Crippen LogP contribution in [0.1, 0.15) is 54.4 Å². The van der Waals surface area contributed by atoms with Gasteiger partial charge in [-0.25, -0.2) is 0 Å². The zero-order valence-corrected chi connectivity index (χ0v) is 23.0. The van der Waals surface area contributed by atoms with E-state index in [1.54, 1.807) is 0 Å². The van der Waals surface area contributed by atoms with Crippen LogP contribution < -0.4 is 0 Å². The summed E-state index contributed by atoms with van der Waals surface area (Å²) in [7, 11) is 0. The van der Waals surface area contributed by atoms with Crippen LogP contribution in [0.25, 0.3) is 0 Å². The summed E-state index contributed by atoms with van der Waals surface area (Å²) < 4.78 is 11.3. The molecule has 2 aliphatic heterocycles. The summed E-state index contributed by atoms with van der Waals surface area (Å²) in [5.41, 5.74) is 3.93. The Morgan fingerprint density at radius 3 is 1.23 bits per heavy atom. The van der Waals surface area contributed by atoms with E-state index in [0.29, 0.717) is 20.0 Å². The third kappa shape index (κ3) is 10.0. The lowest BCUT2D eigenvalue weighted by Crippen LogP contribution is -2.49. The lowest BCUT2D eigenvalue weighted by molar-refractivity contribution is -0.129. The molecule has 2 amide bonds. The van der Waals surface area contributed by atoms with E-state index in [-0.39, 0.29) is 11.8 Å². The summed E-state index contributed by atoms with van der Waals surface area (Å²) in [5, 5.41) is 0. The largest absolute Gasteiger partial charge is 0.355 e. The number of allylic oxidation sites excluding steroid dienone is 2. The Bertz CT molecular complexity index is 678. The Kier molecular flexibility index (Phi) is 13.0. The first-order valence-electron chi connectivity index (χ1n) is 13.2. The molecular formula is C27H48N4O4. The third-order valence-corrected chi connectivity index (χ3v) is 7.15. The first-order chi connectivity index (χ1) is 16.7. The van der Waals surface area contributed by atoms with Gasteiger partial charge in [0.25, 0.3) is 0 Å². The number of hydrogen-bond donors (Lipinski definition) is 0. The lowest BCUT2D eigenvalue weighted by Gasteiger charge is -2.35. The van der Waals surface area contributed by atoms with E-state index in [2.05, 4.69) is 9.80 Å². The first-order valence-corrected chi connectivity index (χ1v) is 13.2. The molecule has 8 heteroatoms. The minimum atomic E-state index is 0.178. The van der Waals surface area contributed by atoms with Crippen LogP contribution in [-0.2, 0) is 19.1 Å². The topological polar surface area (TPSA) is 65.6 Å². The zero-order valence-electron chi connectivity index (χ0n) is 23.0. The van der Waals surface area contributed by atoms with E-state index in [1.807, 2.05) is 51.3 Å². The van der Waals surface area contributed by atoms with Gasteiger partial charge in [0, 0.05) is 76.6 Å². The first kappa shape index (κ1) is 29.5. The van der Waals surface area contributed by atoms with Gasteiger partial charge in [0.05, 0.1) is 13.2 Å². The van der Waals surface area contributed by atoms with Gasteiger partial charge >= 0.3 is 0 Å². The van der Waals surface area contributed by atoms with E-state index in [1.165, 1.54) is 0 Å². The molecule has 8 nitrogen and oxygen atoms in total. The van der Waals surface area contributed by atoms with Crippen LogP contribution in [0, 0.1) is 0 Å². The number of ether oxygens (including phenoxy) is 2. The van der Waals surface area contributed by atoms with Gasteiger partial charge in [-0.1, -0.05) is 11.1 Å². The third-order valence-electron chi connectivity index (χ3n) is 7.15. The second kappa shape index (κ2) is 15.4. The van der Waals surface area contributed by atoms with Gasteiger partial charge in [-0.15, -0.1) is 0 Å². The molecule has 0 bridgehead atoms. The predicted octanol–water partition coefficient (Wildman–Crippen LogP) is 2.76. The normalized spacial score (nSPS) is 17.4. The molecule has 0 radical (unpaired) electrons. The van der Waals surface area contributed by atoms with E-state index in [9.17, 15) is 9.59 Å². The Balaban J connectivity index is 1.44. The molecule has 0 unspecified atom stereocenters. The molecule has 0 aliphatic carbocycles. The van der Waals surface area contributed by atoms with Crippen molar-refractivity contribution in [2.75, 3.05) is 85.5 Å². The summed E-state index contributed by atoms with van der Waals surface area (Å²) in [4.78, 5) is 33.6. The molecule has 2 aliphatic rings. The molecule has 0 aromatic rings. The van der Waals surface area contributed by atoms with Crippen molar-refractivity contribution in [1.82, 2.24) is 19.6 Å². The zero-order chi connectivity index (χ0) is 25.8. The SMILES string of the molecule is CC(C)=C(C)C(=O)N1CCN(CCCOCOCCCN2CCN(C(=O)C(C)=C(C)C)CC2)CC1. The molecule has 2 fully saturated rings. The molecule has 0 spiro atoms. The smallest absolute Gasteiger partial charge is 0.249 e. The summed E-state index contributed by atoms with van der Waals surface area (Å²) in [6.07, 6.45) is 1.94. The number of carbonyl (C=O) groups excluding carboxylic acids is 2. The quantitative estimate of drug-likeness (QED) is 0.237. The molecule has 200 valence electrons. The van der Waals surface area contributed by atoms with Gasteiger partial charge in [-0.2, -0.15) is 0 Å². The maximum atomic E-state index is 12.4. The lowest BCUT2D eigenvalue weighted by atomic mass is 10.1. The Morgan fingerprint density at radius 2 is 0.914 bits per heavy atom. The maximum absolute atomic E-state index is 12.4. The van der Waals surface area contributed by atoms with Crippen molar-refractivity contribution in [3.63, 3.8) is 0 Å². The highest BCUT2D eigenvalue weighted by molar-refractivity contribution is 5.94. The molecule has 0 aromatic carbocycles. The van der Waals surface area contributed by atoms with Gasteiger partial charge in [-0.3, -0.25) is 19.4 Å². The van der Waals surface area contributed by atoms with Gasteiger partial charge in [-0.05, 0) is 54.4 Å². The monoisotopic (exact) mass is 492 g/mol. The molecule has 35 heavy (non-hydrogen) atoms. The fourth-order valence-corrected chi connectivity index (χ4v) is 4.21.